The van der Waals surface area contributed by atoms with Crippen LogP contribution >= 0.6 is 0 Å². The molecule has 108 valence electrons. The molecular weight excluding hydrogens is 252 g/mol. The van der Waals surface area contributed by atoms with Gasteiger partial charge in [-0.15, -0.1) is 0 Å². The maximum atomic E-state index is 10.2. The van der Waals surface area contributed by atoms with Gasteiger partial charge in [0.25, 0.3) is 0 Å². The van der Waals surface area contributed by atoms with E-state index < -0.39 is 6.10 Å². The number of anilines is 2. The quantitative estimate of drug-likeness (QED) is 0.840. The van der Waals surface area contributed by atoms with E-state index in [2.05, 4.69) is 42.0 Å². The molecule has 5 heteroatoms. The first kappa shape index (κ1) is 14.4. The fourth-order valence-electron chi connectivity index (χ4n) is 2.25. The first-order chi connectivity index (χ1) is 9.58. The van der Waals surface area contributed by atoms with Crippen LogP contribution in [0.1, 0.15) is 12.5 Å². The van der Waals surface area contributed by atoms with Crippen LogP contribution in [0.3, 0.4) is 0 Å². The van der Waals surface area contributed by atoms with Gasteiger partial charge >= 0.3 is 0 Å². The van der Waals surface area contributed by atoms with Gasteiger partial charge in [0.15, 0.2) is 0 Å². The topological polar surface area (TPSA) is 67.3 Å². The maximum Gasteiger partial charge on any atom is 0.0910 e. The second kappa shape index (κ2) is 6.43. The Morgan fingerprint density at radius 2 is 2.25 bits per heavy atom. The lowest BCUT2D eigenvalue weighted by molar-refractivity contribution is 0.154. The van der Waals surface area contributed by atoms with Gasteiger partial charge in [0.05, 0.1) is 24.5 Å². The third kappa shape index (κ3) is 3.74. The zero-order chi connectivity index (χ0) is 14.5. The van der Waals surface area contributed by atoms with E-state index in [0.29, 0.717) is 18.8 Å². The number of nitrogens with zero attached hydrogens (tertiary/aromatic N) is 3. The fourth-order valence-corrected chi connectivity index (χ4v) is 2.25. The summed E-state index contributed by atoms with van der Waals surface area (Å²) in [7, 11) is 0. The molecule has 0 amide bonds. The Morgan fingerprint density at radius 3 is 2.85 bits per heavy atom. The molecule has 3 N–H and O–H groups in total. The summed E-state index contributed by atoms with van der Waals surface area (Å²) in [4.78, 5) is 2.16. The number of aryl methyl sites for hydroxylation is 1. The molecule has 2 aromatic rings. The third-order valence-electron chi connectivity index (χ3n) is 3.23. The lowest BCUT2D eigenvalue weighted by atomic mass is 10.2. The van der Waals surface area contributed by atoms with Crippen molar-refractivity contribution in [1.82, 2.24) is 9.78 Å². The van der Waals surface area contributed by atoms with Crippen LogP contribution in [0, 0.1) is 6.92 Å². The Labute approximate surface area is 119 Å². The second-order valence-corrected chi connectivity index (χ2v) is 5.03. The highest BCUT2D eigenvalue weighted by atomic mass is 16.3. The van der Waals surface area contributed by atoms with Crippen LogP contribution < -0.4 is 10.6 Å². The number of rotatable bonds is 6. The van der Waals surface area contributed by atoms with E-state index in [1.54, 1.807) is 17.1 Å². The van der Waals surface area contributed by atoms with Crippen molar-refractivity contribution in [1.29, 1.82) is 0 Å². The maximum absolute atomic E-state index is 10.2. The van der Waals surface area contributed by atoms with Gasteiger partial charge in [-0.05, 0) is 31.5 Å². The SMILES string of the molecule is CCN(CC(O)Cn1cc(N)cn1)c1cccc(C)c1. The molecule has 1 heterocycles. The summed E-state index contributed by atoms with van der Waals surface area (Å²) in [5, 5.41) is 14.3. The van der Waals surface area contributed by atoms with Crippen LogP contribution in [0.2, 0.25) is 0 Å². The molecule has 1 aromatic carbocycles. The summed E-state index contributed by atoms with van der Waals surface area (Å²) in [5.74, 6) is 0. The minimum Gasteiger partial charge on any atom is -0.396 e. The van der Waals surface area contributed by atoms with E-state index in [-0.39, 0.29) is 0 Å². The molecule has 1 unspecified atom stereocenters. The zero-order valence-electron chi connectivity index (χ0n) is 12.0. The van der Waals surface area contributed by atoms with Crippen molar-refractivity contribution < 1.29 is 5.11 Å². The van der Waals surface area contributed by atoms with Crippen LogP contribution in [0.4, 0.5) is 11.4 Å². The predicted octanol–water partition coefficient (Wildman–Crippen LogP) is 1.66. The van der Waals surface area contributed by atoms with Gasteiger partial charge in [0.2, 0.25) is 0 Å². The Kier molecular flexibility index (Phi) is 4.63. The number of nitrogens with two attached hydrogens (primary N) is 1. The van der Waals surface area contributed by atoms with Gasteiger partial charge in [0.1, 0.15) is 0 Å². The summed E-state index contributed by atoms with van der Waals surface area (Å²) in [5.41, 5.74) is 8.58. The predicted molar refractivity (Wildman–Crippen MR) is 81.7 cm³/mol. The Balaban J connectivity index is 1.99. The van der Waals surface area contributed by atoms with Crippen molar-refractivity contribution in [3.8, 4) is 0 Å². The molecule has 0 aliphatic carbocycles. The normalized spacial score (nSPS) is 12.3. The third-order valence-corrected chi connectivity index (χ3v) is 3.23. The summed E-state index contributed by atoms with van der Waals surface area (Å²) >= 11 is 0. The van der Waals surface area contributed by atoms with Crippen molar-refractivity contribution in [2.45, 2.75) is 26.5 Å². The monoisotopic (exact) mass is 274 g/mol. The van der Waals surface area contributed by atoms with Gasteiger partial charge in [-0.25, -0.2) is 0 Å². The van der Waals surface area contributed by atoms with Crippen molar-refractivity contribution >= 4 is 11.4 Å². The highest BCUT2D eigenvalue weighted by molar-refractivity contribution is 5.48. The lowest BCUT2D eigenvalue weighted by Gasteiger charge is -2.26. The summed E-state index contributed by atoms with van der Waals surface area (Å²) < 4.78 is 1.67. The molecule has 0 radical (unpaired) electrons. The average molecular weight is 274 g/mol. The molecule has 20 heavy (non-hydrogen) atoms. The molecule has 1 atom stereocenters. The number of benzene rings is 1. The summed E-state index contributed by atoms with van der Waals surface area (Å²) in [6.07, 6.45) is 2.83. The number of aliphatic hydroxyl groups is 1. The van der Waals surface area contributed by atoms with Crippen molar-refractivity contribution in [2.24, 2.45) is 0 Å². The van der Waals surface area contributed by atoms with Gasteiger partial charge in [-0.3, -0.25) is 4.68 Å². The Morgan fingerprint density at radius 1 is 1.45 bits per heavy atom. The number of hydrogen-bond donors (Lipinski definition) is 2. The largest absolute Gasteiger partial charge is 0.396 e. The number of likely N-dealkylation sites (N-methyl/N-ethyl adjacent to an activating group) is 1. The van der Waals surface area contributed by atoms with Crippen molar-refractivity contribution in [2.75, 3.05) is 23.7 Å². The first-order valence-corrected chi connectivity index (χ1v) is 6.86. The fraction of sp³-hybridized carbons (Fsp3) is 0.400. The number of hydrogen-bond acceptors (Lipinski definition) is 4. The van der Waals surface area contributed by atoms with Crippen molar-refractivity contribution in [3.63, 3.8) is 0 Å². The van der Waals surface area contributed by atoms with E-state index in [1.165, 1.54) is 5.56 Å². The molecule has 0 fully saturated rings. The minimum absolute atomic E-state index is 0.444. The Bertz CT molecular complexity index is 552. The molecule has 0 aliphatic heterocycles. The first-order valence-electron chi connectivity index (χ1n) is 6.86. The van der Waals surface area contributed by atoms with E-state index >= 15 is 0 Å². The zero-order valence-corrected chi connectivity index (χ0v) is 12.0. The molecule has 5 nitrogen and oxygen atoms in total. The smallest absolute Gasteiger partial charge is 0.0910 e. The van der Waals surface area contributed by atoms with Crippen LogP contribution in [-0.4, -0.2) is 34.1 Å². The minimum atomic E-state index is -0.491. The number of aromatic nitrogens is 2. The molecule has 1 aromatic heterocycles. The standard InChI is InChI=1S/C15H22N4O/c1-3-18(14-6-4-5-12(2)7-14)10-15(20)11-19-9-13(16)8-17-19/h4-9,15,20H,3,10-11,16H2,1-2H3. The molecular formula is C15H22N4O. The molecule has 0 spiro atoms. The van der Waals surface area contributed by atoms with Crippen LogP contribution in [-0.2, 0) is 6.54 Å². The molecule has 0 aliphatic rings. The van der Waals surface area contributed by atoms with Gasteiger partial charge in [-0.1, -0.05) is 12.1 Å². The van der Waals surface area contributed by atoms with Gasteiger partial charge in [0, 0.05) is 25.0 Å². The summed E-state index contributed by atoms with van der Waals surface area (Å²) in [6.45, 7) is 6.02. The number of aliphatic hydroxyl groups excluding tert-OH is 1. The van der Waals surface area contributed by atoms with Gasteiger partial charge < -0.3 is 15.7 Å². The van der Waals surface area contributed by atoms with Crippen LogP contribution in [0.15, 0.2) is 36.7 Å². The van der Waals surface area contributed by atoms with Gasteiger partial charge in [-0.2, -0.15) is 5.10 Å². The molecule has 0 saturated heterocycles. The summed E-state index contributed by atoms with van der Waals surface area (Å²) in [6, 6.07) is 8.30. The van der Waals surface area contributed by atoms with Crippen molar-refractivity contribution in [3.05, 3.63) is 42.2 Å². The molecule has 0 bridgehead atoms. The van der Waals surface area contributed by atoms with E-state index in [1.807, 2.05) is 6.07 Å². The van der Waals surface area contributed by atoms with E-state index in [0.717, 1.165) is 12.2 Å². The van der Waals surface area contributed by atoms with E-state index in [4.69, 9.17) is 5.73 Å². The molecule has 2 rings (SSSR count). The van der Waals surface area contributed by atoms with Crippen LogP contribution in [0.5, 0.6) is 0 Å². The van der Waals surface area contributed by atoms with E-state index in [9.17, 15) is 5.11 Å². The Hall–Kier alpha value is -2.01. The highest BCUT2D eigenvalue weighted by Crippen LogP contribution is 2.16. The lowest BCUT2D eigenvalue weighted by Crippen LogP contribution is -2.34. The highest BCUT2D eigenvalue weighted by Gasteiger charge is 2.12. The number of nitrogen functional groups attached to an aromatic ring is 1. The second-order valence-electron chi connectivity index (χ2n) is 5.03. The molecule has 0 saturated carbocycles. The average Bonchev–Trinajstić information content (AvgIpc) is 2.81. The van der Waals surface area contributed by atoms with Crippen LogP contribution in [0.25, 0.3) is 0 Å².